The standard InChI is InChI=1S/C18H23N3O3S/c1-19-17(22)18(23-2,13-21-9-11-24-12-10-21)25-16-8-7-14-5-3-4-6-15(14)20-16/h3-8H,9-13H2,1-2H3,(H,19,22). The van der Waals surface area contributed by atoms with E-state index >= 15 is 0 Å². The van der Waals surface area contributed by atoms with Crippen molar-refractivity contribution in [3.63, 3.8) is 0 Å². The highest BCUT2D eigenvalue weighted by Gasteiger charge is 2.42. The summed E-state index contributed by atoms with van der Waals surface area (Å²) in [5.74, 6) is -0.165. The minimum atomic E-state index is -1.05. The Hall–Kier alpha value is -1.67. The first-order valence-electron chi connectivity index (χ1n) is 8.29. The lowest BCUT2D eigenvalue weighted by Gasteiger charge is -2.36. The van der Waals surface area contributed by atoms with Crippen LogP contribution >= 0.6 is 11.8 Å². The Morgan fingerprint density at radius 2 is 2.08 bits per heavy atom. The fraction of sp³-hybridized carbons (Fsp3) is 0.444. The van der Waals surface area contributed by atoms with E-state index < -0.39 is 4.93 Å². The first-order valence-corrected chi connectivity index (χ1v) is 9.11. The molecule has 1 unspecified atom stereocenters. The number of pyridine rings is 1. The van der Waals surface area contributed by atoms with Crippen LogP contribution in [0.5, 0.6) is 0 Å². The van der Waals surface area contributed by atoms with Crippen molar-refractivity contribution in [3.8, 4) is 0 Å². The predicted molar refractivity (Wildman–Crippen MR) is 98.7 cm³/mol. The highest BCUT2D eigenvalue weighted by Crippen LogP contribution is 2.35. The van der Waals surface area contributed by atoms with Gasteiger partial charge in [0.05, 0.1) is 18.7 Å². The van der Waals surface area contributed by atoms with Gasteiger partial charge in [0.2, 0.25) is 4.93 Å². The van der Waals surface area contributed by atoms with E-state index in [4.69, 9.17) is 9.47 Å². The molecule has 0 spiro atoms. The fourth-order valence-corrected chi connectivity index (χ4v) is 4.01. The molecule has 25 heavy (non-hydrogen) atoms. The van der Waals surface area contributed by atoms with Crippen LogP contribution in [0.2, 0.25) is 0 Å². The summed E-state index contributed by atoms with van der Waals surface area (Å²) in [4.78, 5) is 18.5. The smallest absolute Gasteiger partial charge is 0.264 e. The SMILES string of the molecule is CNC(=O)C(CN1CCOCC1)(OC)Sc1ccc2ccccc2n1. The molecule has 1 aromatic carbocycles. The summed E-state index contributed by atoms with van der Waals surface area (Å²) in [6.45, 7) is 3.40. The lowest BCUT2D eigenvalue weighted by molar-refractivity contribution is -0.135. The minimum Gasteiger partial charge on any atom is -0.379 e. The van der Waals surface area contributed by atoms with Gasteiger partial charge in [-0.3, -0.25) is 9.69 Å². The molecule has 2 aromatic rings. The van der Waals surface area contributed by atoms with Crippen LogP contribution in [0.1, 0.15) is 0 Å². The molecule has 3 rings (SSSR count). The summed E-state index contributed by atoms with van der Waals surface area (Å²) in [6, 6.07) is 11.9. The van der Waals surface area contributed by atoms with Gasteiger partial charge in [-0.1, -0.05) is 36.0 Å². The van der Waals surface area contributed by atoms with Gasteiger partial charge in [0, 0.05) is 39.2 Å². The summed E-state index contributed by atoms with van der Waals surface area (Å²) < 4.78 is 11.1. The first-order chi connectivity index (χ1) is 12.2. The molecule has 1 aromatic heterocycles. The van der Waals surface area contributed by atoms with E-state index in [1.165, 1.54) is 11.8 Å². The van der Waals surface area contributed by atoms with Gasteiger partial charge in [0.1, 0.15) is 5.03 Å². The molecule has 0 bridgehead atoms. The number of rotatable bonds is 6. The molecule has 1 fully saturated rings. The van der Waals surface area contributed by atoms with Crippen molar-refractivity contribution in [2.75, 3.05) is 47.0 Å². The minimum absolute atomic E-state index is 0.165. The fourth-order valence-electron chi connectivity index (χ4n) is 2.87. The molecule has 7 heteroatoms. The van der Waals surface area contributed by atoms with E-state index in [1.54, 1.807) is 14.2 Å². The number of ether oxygens (including phenoxy) is 2. The van der Waals surface area contributed by atoms with E-state index in [0.29, 0.717) is 19.8 Å². The van der Waals surface area contributed by atoms with Gasteiger partial charge in [0.25, 0.3) is 5.91 Å². The monoisotopic (exact) mass is 361 g/mol. The highest BCUT2D eigenvalue weighted by atomic mass is 32.2. The number of nitrogens with one attached hydrogen (secondary N) is 1. The Labute approximate surface area is 151 Å². The van der Waals surface area contributed by atoms with Crippen LogP contribution in [0.4, 0.5) is 0 Å². The van der Waals surface area contributed by atoms with Crippen LogP contribution in [0, 0.1) is 0 Å². The maximum absolute atomic E-state index is 12.7. The first kappa shape index (κ1) is 18.1. The number of morpholine rings is 1. The summed E-state index contributed by atoms with van der Waals surface area (Å²) in [5, 5.41) is 4.57. The van der Waals surface area contributed by atoms with Crippen LogP contribution in [-0.2, 0) is 14.3 Å². The highest BCUT2D eigenvalue weighted by molar-refractivity contribution is 8.01. The number of fused-ring (bicyclic) bond motifs is 1. The molecule has 1 atom stereocenters. The van der Waals surface area contributed by atoms with Crippen molar-refractivity contribution in [2.45, 2.75) is 9.96 Å². The van der Waals surface area contributed by atoms with Crippen LogP contribution < -0.4 is 5.32 Å². The molecule has 2 heterocycles. The third-order valence-corrected chi connectivity index (χ3v) is 5.53. The molecule has 0 saturated carbocycles. The molecule has 1 amide bonds. The van der Waals surface area contributed by atoms with Crippen LogP contribution in [0.25, 0.3) is 10.9 Å². The van der Waals surface area contributed by atoms with Crippen LogP contribution in [-0.4, -0.2) is 67.7 Å². The Morgan fingerprint density at radius 3 is 2.80 bits per heavy atom. The van der Waals surface area contributed by atoms with Crippen LogP contribution in [0.3, 0.4) is 0 Å². The third kappa shape index (κ3) is 4.12. The molecular weight excluding hydrogens is 338 g/mol. The quantitative estimate of drug-likeness (QED) is 0.625. The zero-order valence-corrected chi connectivity index (χ0v) is 15.3. The van der Waals surface area contributed by atoms with Gasteiger partial charge in [-0.25, -0.2) is 4.98 Å². The maximum Gasteiger partial charge on any atom is 0.264 e. The van der Waals surface area contributed by atoms with Crippen molar-refractivity contribution in [2.24, 2.45) is 0 Å². The Bertz CT molecular complexity index is 736. The van der Waals surface area contributed by atoms with Gasteiger partial charge in [-0.05, 0) is 12.1 Å². The number of nitrogens with zero attached hydrogens (tertiary/aromatic N) is 2. The Kier molecular flexibility index (Phi) is 5.90. The molecule has 6 nitrogen and oxygen atoms in total. The summed E-state index contributed by atoms with van der Waals surface area (Å²) in [5.41, 5.74) is 0.904. The number of amides is 1. The lowest BCUT2D eigenvalue weighted by Crippen LogP contribution is -2.54. The number of para-hydroxylation sites is 1. The third-order valence-electron chi connectivity index (χ3n) is 4.28. The summed E-state index contributed by atoms with van der Waals surface area (Å²) >= 11 is 1.35. The second-order valence-corrected chi connectivity index (χ2v) is 7.15. The number of carbonyl (C=O) groups is 1. The van der Waals surface area contributed by atoms with Crippen molar-refractivity contribution >= 4 is 28.6 Å². The number of likely N-dealkylation sites (N-methyl/N-ethyl adjacent to an activating group) is 1. The van der Waals surface area contributed by atoms with Crippen LogP contribution in [0.15, 0.2) is 41.4 Å². The van der Waals surface area contributed by atoms with Crippen molar-refractivity contribution < 1.29 is 14.3 Å². The molecule has 0 aliphatic carbocycles. The average molecular weight is 361 g/mol. The number of aromatic nitrogens is 1. The number of hydrogen-bond acceptors (Lipinski definition) is 6. The maximum atomic E-state index is 12.7. The molecule has 0 radical (unpaired) electrons. The van der Waals surface area contributed by atoms with Crippen molar-refractivity contribution in [1.82, 2.24) is 15.2 Å². The van der Waals surface area contributed by atoms with E-state index in [1.807, 2.05) is 36.4 Å². The van der Waals surface area contributed by atoms with Gasteiger partial charge in [0.15, 0.2) is 0 Å². The molecule has 134 valence electrons. The van der Waals surface area contributed by atoms with Gasteiger partial charge >= 0.3 is 0 Å². The number of benzene rings is 1. The van der Waals surface area contributed by atoms with Gasteiger partial charge in [-0.2, -0.15) is 0 Å². The predicted octanol–water partition coefficient (Wildman–Crippen LogP) is 1.75. The second kappa shape index (κ2) is 8.14. The van der Waals surface area contributed by atoms with Crippen molar-refractivity contribution in [1.29, 1.82) is 0 Å². The van der Waals surface area contributed by atoms with Gasteiger partial charge in [-0.15, -0.1) is 0 Å². The number of carbonyl (C=O) groups excluding carboxylic acids is 1. The lowest BCUT2D eigenvalue weighted by atomic mass is 10.2. The normalized spacial score (nSPS) is 18.0. The summed E-state index contributed by atoms with van der Waals surface area (Å²) in [6.07, 6.45) is 0. The average Bonchev–Trinajstić information content (AvgIpc) is 2.67. The number of thioether (sulfide) groups is 1. The Balaban J connectivity index is 1.87. The molecular formula is C18H23N3O3S. The van der Waals surface area contributed by atoms with Gasteiger partial charge < -0.3 is 14.8 Å². The zero-order chi connectivity index (χ0) is 17.7. The summed E-state index contributed by atoms with van der Waals surface area (Å²) in [7, 11) is 3.20. The largest absolute Gasteiger partial charge is 0.379 e. The number of hydrogen-bond donors (Lipinski definition) is 1. The van der Waals surface area contributed by atoms with E-state index in [0.717, 1.165) is 29.0 Å². The topological polar surface area (TPSA) is 63.7 Å². The molecule has 1 aliphatic rings. The van der Waals surface area contributed by atoms with Crippen molar-refractivity contribution in [3.05, 3.63) is 36.4 Å². The van der Waals surface area contributed by atoms with E-state index in [2.05, 4.69) is 15.2 Å². The van der Waals surface area contributed by atoms with E-state index in [-0.39, 0.29) is 5.91 Å². The molecule has 1 N–H and O–H groups in total. The molecule has 1 aliphatic heterocycles. The van der Waals surface area contributed by atoms with E-state index in [9.17, 15) is 4.79 Å². The zero-order valence-electron chi connectivity index (χ0n) is 14.5. The Morgan fingerprint density at radius 1 is 1.32 bits per heavy atom. The number of methoxy groups -OCH3 is 1. The second-order valence-electron chi connectivity index (χ2n) is 5.87. The molecule has 1 saturated heterocycles.